The van der Waals surface area contributed by atoms with Gasteiger partial charge in [0, 0.05) is 31.9 Å². The fourth-order valence-electron chi connectivity index (χ4n) is 3.04. The van der Waals surface area contributed by atoms with Gasteiger partial charge in [-0.05, 0) is 49.6 Å². The first kappa shape index (κ1) is 21.4. The zero-order chi connectivity index (χ0) is 19.6. The number of hydrogen-bond acceptors (Lipinski definition) is 4. The fraction of sp³-hybridized carbons (Fsp3) is 0.600. The van der Waals surface area contributed by atoms with Gasteiger partial charge in [0.15, 0.2) is 5.96 Å². The van der Waals surface area contributed by atoms with Crippen LogP contribution in [-0.2, 0) is 11.2 Å². The molecule has 1 aliphatic rings. The predicted octanol–water partition coefficient (Wildman–Crippen LogP) is 2.15. The molecular weight excluding hydrogens is 360 g/mol. The van der Waals surface area contributed by atoms with Crippen molar-refractivity contribution in [3.63, 3.8) is 0 Å². The van der Waals surface area contributed by atoms with Crippen LogP contribution in [-0.4, -0.2) is 68.6 Å². The lowest BCUT2D eigenvalue weighted by atomic mass is 10.1. The number of nitrogens with zero attached hydrogens (tertiary/aromatic N) is 2. The molecule has 0 bridgehead atoms. The zero-order valence-electron chi connectivity index (χ0n) is 16.8. The molecular formula is C20H32N4O2S. The van der Waals surface area contributed by atoms with Gasteiger partial charge in [-0.15, -0.1) is 0 Å². The van der Waals surface area contributed by atoms with E-state index in [-0.39, 0.29) is 12.5 Å². The first-order chi connectivity index (χ1) is 13.0. The average molecular weight is 393 g/mol. The normalized spacial score (nSPS) is 19.6. The Kier molecular flexibility index (Phi) is 8.78. The third-order valence-corrected chi connectivity index (χ3v) is 5.89. The van der Waals surface area contributed by atoms with Crippen molar-refractivity contribution in [2.45, 2.75) is 37.0 Å². The number of hydrogen-bond donors (Lipinski definition) is 2. The van der Waals surface area contributed by atoms with Gasteiger partial charge < -0.3 is 20.3 Å². The maximum atomic E-state index is 11.9. The van der Waals surface area contributed by atoms with Gasteiger partial charge in [0.1, 0.15) is 12.3 Å². The SMILES string of the molecule is COc1ccc(CCNC(=NCC(=O)N(C)C)NC2CCC(SC)C2)cc1. The number of amides is 1. The summed E-state index contributed by atoms with van der Waals surface area (Å²) < 4.78 is 5.20. The summed E-state index contributed by atoms with van der Waals surface area (Å²) in [6.07, 6.45) is 6.57. The van der Waals surface area contributed by atoms with Gasteiger partial charge in [0.25, 0.3) is 0 Å². The number of carbonyl (C=O) groups is 1. The molecule has 6 nitrogen and oxygen atoms in total. The van der Waals surface area contributed by atoms with Gasteiger partial charge in [0.05, 0.1) is 7.11 Å². The lowest BCUT2D eigenvalue weighted by Crippen LogP contribution is -2.44. The Morgan fingerprint density at radius 2 is 2.04 bits per heavy atom. The number of thioether (sulfide) groups is 1. The molecule has 0 heterocycles. The third-order valence-electron chi connectivity index (χ3n) is 4.80. The van der Waals surface area contributed by atoms with E-state index in [1.165, 1.54) is 12.0 Å². The highest BCUT2D eigenvalue weighted by atomic mass is 32.2. The Hall–Kier alpha value is -1.89. The summed E-state index contributed by atoms with van der Waals surface area (Å²) in [7, 11) is 5.18. The van der Waals surface area contributed by atoms with Crippen LogP contribution in [0.4, 0.5) is 0 Å². The van der Waals surface area contributed by atoms with Gasteiger partial charge in [0.2, 0.25) is 5.91 Å². The smallest absolute Gasteiger partial charge is 0.243 e. The minimum Gasteiger partial charge on any atom is -0.497 e. The number of aliphatic imine (C=N–C) groups is 1. The van der Waals surface area contributed by atoms with Crippen molar-refractivity contribution in [1.82, 2.24) is 15.5 Å². The number of likely N-dealkylation sites (N-methyl/N-ethyl adjacent to an activating group) is 1. The van der Waals surface area contributed by atoms with E-state index in [0.29, 0.717) is 11.3 Å². The quantitative estimate of drug-likeness (QED) is 0.524. The topological polar surface area (TPSA) is 66.0 Å². The zero-order valence-corrected chi connectivity index (χ0v) is 17.6. The van der Waals surface area contributed by atoms with E-state index >= 15 is 0 Å². The molecule has 1 fully saturated rings. The number of rotatable bonds is 8. The number of guanidine groups is 1. The van der Waals surface area contributed by atoms with Crippen LogP contribution < -0.4 is 15.4 Å². The predicted molar refractivity (Wildman–Crippen MR) is 114 cm³/mol. The van der Waals surface area contributed by atoms with Gasteiger partial charge >= 0.3 is 0 Å². The van der Waals surface area contributed by atoms with Crippen LogP contribution >= 0.6 is 11.8 Å². The van der Waals surface area contributed by atoms with Crippen LogP contribution in [0.3, 0.4) is 0 Å². The lowest BCUT2D eigenvalue weighted by molar-refractivity contribution is -0.127. The van der Waals surface area contributed by atoms with Gasteiger partial charge in [-0.1, -0.05) is 12.1 Å². The van der Waals surface area contributed by atoms with Crippen LogP contribution in [0.15, 0.2) is 29.3 Å². The van der Waals surface area contributed by atoms with Crippen molar-refractivity contribution in [2.24, 2.45) is 4.99 Å². The van der Waals surface area contributed by atoms with Crippen molar-refractivity contribution < 1.29 is 9.53 Å². The van der Waals surface area contributed by atoms with E-state index in [1.54, 1.807) is 26.1 Å². The standard InChI is InChI=1S/C20H32N4O2S/c1-24(2)19(25)14-22-20(23-16-7-10-18(13-16)27-4)21-12-11-15-5-8-17(26-3)9-6-15/h5-6,8-9,16,18H,7,10-14H2,1-4H3,(H2,21,22,23). The summed E-state index contributed by atoms with van der Waals surface area (Å²) in [5.41, 5.74) is 1.23. The number of methoxy groups -OCH3 is 1. The van der Waals surface area contributed by atoms with E-state index in [4.69, 9.17) is 4.74 Å². The third kappa shape index (κ3) is 7.33. The molecule has 150 valence electrons. The second-order valence-corrected chi connectivity index (χ2v) is 8.13. The number of nitrogens with one attached hydrogen (secondary N) is 2. The molecule has 2 N–H and O–H groups in total. The molecule has 2 atom stereocenters. The van der Waals surface area contributed by atoms with Crippen LogP contribution in [0.25, 0.3) is 0 Å². The lowest BCUT2D eigenvalue weighted by Gasteiger charge is -2.18. The maximum Gasteiger partial charge on any atom is 0.243 e. The van der Waals surface area contributed by atoms with Crippen molar-refractivity contribution in [1.29, 1.82) is 0 Å². The Labute approximate surface area is 167 Å². The van der Waals surface area contributed by atoms with Crippen LogP contribution in [0.5, 0.6) is 5.75 Å². The maximum absolute atomic E-state index is 11.9. The first-order valence-corrected chi connectivity index (χ1v) is 10.7. The second kappa shape index (κ2) is 11.1. The molecule has 0 aromatic heterocycles. The summed E-state index contributed by atoms with van der Waals surface area (Å²) in [6, 6.07) is 8.50. The molecule has 2 rings (SSSR count). The van der Waals surface area contributed by atoms with Gasteiger partial charge in [-0.25, -0.2) is 4.99 Å². The van der Waals surface area contributed by atoms with Crippen molar-refractivity contribution in [3.05, 3.63) is 29.8 Å². The molecule has 2 unspecified atom stereocenters. The molecule has 0 saturated heterocycles. The second-order valence-electron chi connectivity index (χ2n) is 6.99. The molecule has 0 radical (unpaired) electrons. The minimum atomic E-state index is -0.000309. The first-order valence-electron chi connectivity index (χ1n) is 9.42. The highest BCUT2D eigenvalue weighted by molar-refractivity contribution is 7.99. The van der Waals surface area contributed by atoms with Crippen LogP contribution in [0.1, 0.15) is 24.8 Å². The van der Waals surface area contributed by atoms with Crippen molar-refractivity contribution >= 4 is 23.6 Å². The number of carbonyl (C=O) groups excluding carboxylic acids is 1. The van der Waals surface area contributed by atoms with E-state index in [1.807, 2.05) is 23.9 Å². The van der Waals surface area contributed by atoms with Gasteiger partial charge in [-0.2, -0.15) is 11.8 Å². The molecule has 1 saturated carbocycles. The summed E-state index contributed by atoms with van der Waals surface area (Å²) in [6.45, 7) is 0.913. The fourth-order valence-corrected chi connectivity index (χ4v) is 3.83. The van der Waals surface area contributed by atoms with Crippen molar-refractivity contribution in [3.8, 4) is 5.75 Å². The molecule has 1 aromatic carbocycles. The number of ether oxygens (including phenoxy) is 1. The summed E-state index contributed by atoms with van der Waals surface area (Å²) >= 11 is 1.93. The van der Waals surface area contributed by atoms with Crippen LogP contribution in [0, 0.1) is 0 Å². The molecule has 0 aliphatic heterocycles. The van der Waals surface area contributed by atoms with E-state index in [9.17, 15) is 4.79 Å². The van der Waals surface area contributed by atoms with Gasteiger partial charge in [-0.3, -0.25) is 4.79 Å². The average Bonchev–Trinajstić information content (AvgIpc) is 3.13. The number of benzene rings is 1. The monoisotopic (exact) mass is 392 g/mol. The van der Waals surface area contributed by atoms with E-state index in [0.717, 1.165) is 37.5 Å². The Balaban J connectivity index is 1.89. The highest BCUT2D eigenvalue weighted by Crippen LogP contribution is 2.28. The van der Waals surface area contributed by atoms with Crippen molar-refractivity contribution in [2.75, 3.05) is 40.6 Å². The molecule has 0 spiro atoms. The van der Waals surface area contributed by atoms with Crippen LogP contribution in [0.2, 0.25) is 0 Å². The summed E-state index contributed by atoms with van der Waals surface area (Å²) in [4.78, 5) is 17.9. The molecule has 1 aromatic rings. The largest absolute Gasteiger partial charge is 0.497 e. The minimum absolute atomic E-state index is 0.000309. The molecule has 7 heteroatoms. The molecule has 1 amide bonds. The summed E-state index contributed by atoms with van der Waals surface area (Å²) in [5.74, 6) is 1.59. The van der Waals surface area contributed by atoms with E-state index in [2.05, 4.69) is 34.0 Å². The Bertz CT molecular complexity index is 619. The molecule has 1 aliphatic carbocycles. The molecule has 27 heavy (non-hydrogen) atoms. The summed E-state index contributed by atoms with van der Waals surface area (Å²) in [5, 5.41) is 7.61. The van der Waals surface area contributed by atoms with E-state index < -0.39 is 0 Å². The Morgan fingerprint density at radius 3 is 2.63 bits per heavy atom. The Morgan fingerprint density at radius 1 is 1.30 bits per heavy atom. The highest BCUT2D eigenvalue weighted by Gasteiger charge is 2.24.